The number of piperazine rings is 2. The van der Waals surface area contributed by atoms with E-state index < -0.39 is 0 Å². The average molecular weight is 423 g/mol. The number of carbonyl (C=O) groups excluding carboxylic acids is 2. The van der Waals surface area contributed by atoms with E-state index in [2.05, 4.69) is 34.1 Å². The van der Waals surface area contributed by atoms with Gasteiger partial charge in [0.05, 0.1) is 0 Å². The molecule has 2 amide bonds. The summed E-state index contributed by atoms with van der Waals surface area (Å²) in [4.78, 5) is 33.1. The third-order valence-corrected chi connectivity index (χ3v) is 5.96. The molecule has 2 heterocycles. The van der Waals surface area contributed by atoms with Crippen LogP contribution in [0.2, 0.25) is 0 Å². The van der Waals surface area contributed by atoms with Gasteiger partial charge in [0.15, 0.2) is 0 Å². The number of hydrogen-bond donors (Lipinski definition) is 0. The maximum Gasteiger partial charge on any atom is 0.248 e. The minimum absolute atomic E-state index is 0.0406. The Bertz CT molecular complexity index is 774. The van der Waals surface area contributed by atoms with Gasteiger partial charge >= 0.3 is 0 Å². The summed E-state index contributed by atoms with van der Waals surface area (Å²) >= 11 is 0. The Labute approximate surface area is 183 Å². The molecule has 0 N–H and O–H groups in total. The first-order valence-electron chi connectivity index (χ1n) is 10.9. The molecule has 0 bridgehead atoms. The fraction of sp³-hybridized carbons (Fsp3) is 0.417. The number of anilines is 2. The zero-order valence-electron chi connectivity index (χ0n) is 17.9. The zero-order valence-corrected chi connectivity index (χ0v) is 17.9. The SMILES string of the molecule is O=C(COCC(=O)N1CCN(c2ccccc2)CC1)N1CCN(c2ccccc2)CC1. The van der Waals surface area contributed by atoms with Gasteiger partial charge in [0.25, 0.3) is 0 Å². The monoisotopic (exact) mass is 422 g/mol. The maximum atomic E-state index is 12.4. The summed E-state index contributed by atoms with van der Waals surface area (Å²) in [6.07, 6.45) is 0. The molecular formula is C24H30N4O3. The van der Waals surface area contributed by atoms with Gasteiger partial charge in [-0.2, -0.15) is 0 Å². The van der Waals surface area contributed by atoms with Crippen LogP contribution in [-0.4, -0.2) is 87.2 Å². The van der Waals surface area contributed by atoms with E-state index in [1.807, 2.05) is 46.2 Å². The van der Waals surface area contributed by atoms with Gasteiger partial charge in [-0.25, -0.2) is 0 Å². The van der Waals surface area contributed by atoms with Crippen molar-refractivity contribution >= 4 is 23.2 Å². The zero-order chi connectivity index (χ0) is 21.5. The van der Waals surface area contributed by atoms with Gasteiger partial charge in [-0.3, -0.25) is 9.59 Å². The number of rotatable bonds is 6. The van der Waals surface area contributed by atoms with Crippen molar-refractivity contribution in [2.24, 2.45) is 0 Å². The molecule has 0 saturated carbocycles. The number of para-hydroxylation sites is 2. The first-order valence-corrected chi connectivity index (χ1v) is 10.9. The molecule has 0 aliphatic carbocycles. The number of benzene rings is 2. The van der Waals surface area contributed by atoms with Gasteiger partial charge in [-0.05, 0) is 24.3 Å². The summed E-state index contributed by atoms with van der Waals surface area (Å²) in [6, 6.07) is 20.5. The number of carbonyl (C=O) groups is 2. The molecule has 31 heavy (non-hydrogen) atoms. The normalized spacial score (nSPS) is 17.0. The molecule has 7 nitrogen and oxygen atoms in total. The molecule has 2 aromatic carbocycles. The van der Waals surface area contributed by atoms with E-state index >= 15 is 0 Å². The van der Waals surface area contributed by atoms with Crippen LogP contribution < -0.4 is 9.80 Å². The van der Waals surface area contributed by atoms with Crippen LogP contribution in [0, 0.1) is 0 Å². The van der Waals surface area contributed by atoms with E-state index in [-0.39, 0.29) is 25.0 Å². The number of nitrogens with zero attached hydrogens (tertiary/aromatic N) is 4. The van der Waals surface area contributed by atoms with Crippen molar-refractivity contribution in [3.05, 3.63) is 60.7 Å². The highest BCUT2D eigenvalue weighted by molar-refractivity contribution is 5.80. The van der Waals surface area contributed by atoms with Crippen LogP contribution >= 0.6 is 0 Å². The quantitative estimate of drug-likeness (QED) is 0.709. The highest BCUT2D eigenvalue weighted by Gasteiger charge is 2.23. The van der Waals surface area contributed by atoms with Gasteiger partial charge in [-0.15, -0.1) is 0 Å². The van der Waals surface area contributed by atoms with E-state index in [0.29, 0.717) is 26.2 Å². The third-order valence-electron chi connectivity index (χ3n) is 5.96. The predicted molar refractivity (Wildman–Crippen MR) is 121 cm³/mol. The van der Waals surface area contributed by atoms with Gasteiger partial charge < -0.3 is 24.3 Å². The van der Waals surface area contributed by atoms with Crippen LogP contribution in [0.15, 0.2) is 60.7 Å². The van der Waals surface area contributed by atoms with E-state index in [0.717, 1.165) is 26.2 Å². The smallest absolute Gasteiger partial charge is 0.248 e. The Kier molecular flexibility index (Phi) is 7.04. The second-order valence-corrected chi connectivity index (χ2v) is 7.90. The van der Waals surface area contributed by atoms with E-state index in [9.17, 15) is 9.59 Å². The molecule has 4 rings (SSSR count). The lowest BCUT2D eigenvalue weighted by atomic mass is 10.2. The van der Waals surface area contributed by atoms with Crippen LogP contribution in [-0.2, 0) is 14.3 Å². The maximum absolute atomic E-state index is 12.4. The molecule has 7 heteroatoms. The highest BCUT2D eigenvalue weighted by Crippen LogP contribution is 2.16. The van der Waals surface area contributed by atoms with Gasteiger partial charge in [-0.1, -0.05) is 36.4 Å². The molecule has 2 aliphatic rings. The molecular weight excluding hydrogens is 392 g/mol. The minimum atomic E-state index is -0.0468. The summed E-state index contributed by atoms with van der Waals surface area (Å²) in [7, 11) is 0. The van der Waals surface area contributed by atoms with Crippen molar-refractivity contribution in [1.82, 2.24) is 9.80 Å². The first-order chi connectivity index (χ1) is 15.2. The average Bonchev–Trinajstić information content (AvgIpc) is 2.85. The lowest BCUT2D eigenvalue weighted by molar-refractivity contribution is -0.142. The molecule has 0 unspecified atom stereocenters. The van der Waals surface area contributed by atoms with Crippen LogP contribution in [0.25, 0.3) is 0 Å². The number of amides is 2. The number of hydrogen-bond acceptors (Lipinski definition) is 5. The summed E-state index contributed by atoms with van der Waals surface area (Å²) in [5.41, 5.74) is 2.37. The van der Waals surface area contributed by atoms with Crippen LogP contribution in [0.1, 0.15) is 0 Å². The van der Waals surface area contributed by atoms with Gasteiger partial charge in [0.2, 0.25) is 11.8 Å². The predicted octanol–water partition coefficient (Wildman–Crippen LogP) is 1.70. The minimum Gasteiger partial charge on any atom is -0.368 e. The van der Waals surface area contributed by atoms with Crippen molar-refractivity contribution in [3.63, 3.8) is 0 Å². The Hall–Kier alpha value is -3.06. The number of ether oxygens (including phenoxy) is 1. The lowest BCUT2D eigenvalue weighted by Crippen LogP contribution is -2.51. The highest BCUT2D eigenvalue weighted by atomic mass is 16.5. The molecule has 2 aromatic rings. The second kappa shape index (κ2) is 10.3. The van der Waals surface area contributed by atoms with Crippen LogP contribution in [0.5, 0.6) is 0 Å². The van der Waals surface area contributed by atoms with Gasteiger partial charge in [0, 0.05) is 63.7 Å². The largest absolute Gasteiger partial charge is 0.368 e. The van der Waals surface area contributed by atoms with Crippen LogP contribution in [0.4, 0.5) is 11.4 Å². The Morgan fingerprint density at radius 1 is 0.581 bits per heavy atom. The van der Waals surface area contributed by atoms with Crippen molar-refractivity contribution in [2.45, 2.75) is 0 Å². The summed E-state index contributed by atoms with van der Waals surface area (Å²) in [5, 5.41) is 0. The summed E-state index contributed by atoms with van der Waals surface area (Å²) in [6.45, 7) is 5.83. The van der Waals surface area contributed by atoms with Crippen molar-refractivity contribution < 1.29 is 14.3 Å². The Morgan fingerprint density at radius 3 is 1.29 bits per heavy atom. The Morgan fingerprint density at radius 2 is 0.935 bits per heavy atom. The molecule has 0 radical (unpaired) electrons. The van der Waals surface area contributed by atoms with Crippen LogP contribution in [0.3, 0.4) is 0 Å². The van der Waals surface area contributed by atoms with Crippen molar-refractivity contribution in [2.75, 3.05) is 75.4 Å². The van der Waals surface area contributed by atoms with Crippen molar-refractivity contribution in [3.8, 4) is 0 Å². The molecule has 164 valence electrons. The lowest BCUT2D eigenvalue weighted by Gasteiger charge is -2.36. The molecule has 0 atom stereocenters. The molecule has 2 aliphatic heterocycles. The fourth-order valence-corrected chi connectivity index (χ4v) is 4.11. The fourth-order valence-electron chi connectivity index (χ4n) is 4.11. The Balaban J connectivity index is 1.14. The van der Waals surface area contributed by atoms with Gasteiger partial charge in [0.1, 0.15) is 13.2 Å². The van der Waals surface area contributed by atoms with E-state index in [1.165, 1.54) is 11.4 Å². The summed E-state index contributed by atoms with van der Waals surface area (Å²) in [5.74, 6) is -0.0937. The molecule has 2 saturated heterocycles. The molecule has 0 aromatic heterocycles. The second-order valence-electron chi connectivity index (χ2n) is 7.90. The standard InChI is InChI=1S/C24H30N4O3/c29-23(27-15-11-25(12-16-27)21-7-3-1-4-8-21)19-31-20-24(30)28-17-13-26(14-18-28)22-9-5-2-6-10-22/h1-10H,11-20H2. The molecule has 2 fully saturated rings. The topological polar surface area (TPSA) is 56.3 Å². The van der Waals surface area contributed by atoms with E-state index in [1.54, 1.807) is 0 Å². The van der Waals surface area contributed by atoms with E-state index in [4.69, 9.17) is 4.74 Å². The molecule has 0 spiro atoms. The first kappa shape index (κ1) is 21.2. The third kappa shape index (κ3) is 5.55. The summed E-state index contributed by atoms with van der Waals surface area (Å²) < 4.78 is 5.48. The van der Waals surface area contributed by atoms with Crippen molar-refractivity contribution in [1.29, 1.82) is 0 Å².